The largest absolute Gasteiger partial charge is 0.496 e. The molecule has 1 N–H and O–H groups in total. The number of rotatable bonds is 5. The Morgan fingerprint density at radius 2 is 2.28 bits per heavy atom. The Balaban J connectivity index is 2.08. The second-order valence-electron chi connectivity index (χ2n) is 4.54. The molecule has 0 aromatic heterocycles. The third-order valence-electron chi connectivity index (χ3n) is 3.38. The van der Waals surface area contributed by atoms with E-state index in [0.717, 1.165) is 16.9 Å². The second kappa shape index (κ2) is 5.21. The molecule has 4 heteroatoms. The van der Waals surface area contributed by atoms with E-state index in [0.29, 0.717) is 19.3 Å². The van der Waals surface area contributed by atoms with Crippen LogP contribution in [0.25, 0.3) is 0 Å². The summed E-state index contributed by atoms with van der Waals surface area (Å²) >= 11 is 0. The normalized spacial score (nSPS) is 17.6. The Hall–Kier alpha value is -1.84. The van der Waals surface area contributed by atoms with Crippen LogP contribution in [-0.4, -0.2) is 24.0 Å². The molecular formula is C14H16O4. The van der Waals surface area contributed by atoms with Crippen LogP contribution in [0, 0.1) is 5.92 Å². The van der Waals surface area contributed by atoms with Gasteiger partial charge in [-0.15, -0.1) is 0 Å². The number of hydrogen-bond donors (Lipinski definition) is 1. The Kier molecular flexibility index (Phi) is 3.65. The molecule has 0 spiro atoms. The number of carbonyl (C=O) groups excluding carboxylic acids is 1. The monoisotopic (exact) mass is 248 g/mol. The Morgan fingerprint density at radius 1 is 1.50 bits per heavy atom. The summed E-state index contributed by atoms with van der Waals surface area (Å²) in [4.78, 5) is 22.6. The van der Waals surface area contributed by atoms with E-state index in [4.69, 9.17) is 9.84 Å². The average molecular weight is 248 g/mol. The summed E-state index contributed by atoms with van der Waals surface area (Å²) in [6.45, 7) is 0. The minimum Gasteiger partial charge on any atom is -0.496 e. The first-order chi connectivity index (χ1) is 8.63. The first-order valence-electron chi connectivity index (χ1n) is 6.05. The van der Waals surface area contributed by atoms with Gasteiger partial charge < -0.3 is 9.84 Å². The van der Waals surface area contributed by atoms with Gasteiger partial charge in [0, 0.05) is 23.5 Å². The number of fused-ring (bicyclic) bond motifs is 1. The molecule has 1 aliphatic rings. The van der Waals surface area contributed by atoms with Gasteiger partial charge in [-0.2, -0.15) is 0 Å². The fourth-order valence-electron chi connectivity index (χ4n) is 2.49. The molecule has 0 saturated heterocycles. The van der Waals surface area contributed by atoms with Gasteiger partial charge in [0.15, 0.2) is 5.78 Å². The topological polar surface area (TPSA) is 63.6 Å². The van der Waals surface area contributed by atoms with Gasteiger partial charge in [-0.3, -0.25) is 9.59 Å². The van der Waals surface area contributed by atoms with Crippen molar-refractivity contribution in [1.29, 1.82) is 0 Å². The minimum absolute atomic E-state index is 0.0874. The molecule has 0 heterocycles. The fraction of sp³-hybridized carbons (Fsp3) is 0.429. The summed E-state index contributed by atoms with van der Waals surface area (Å²) in [6, 6.07) is 5.48. The fourth-order valence-corrected chi connectivity index (χ4v) is 2.49. The lowest BCUT2D eigenvalue weighted by atomic mass is 9.98. The van der Waals surface area contributed by atoms with Crippen molar-refractivity contribution in [2.75, 3.05) is 7.11 Å². The van der Waals surface area contributed by atoms with Gasteiger partial charge in [0.05, 0.1) is 7.11 Å². The standard InChI is InChI=1S/C14H16O4/c1-18-12-6-3-5-10-11(12)8-9(14(10)17)4-2-7-13(15)16/h3,5-6,9H,2,4,7-8H2,1H3,(H,15,16). The lowest BCUT2D eigenvalue weighted by molar-refractivity contribution is -0.137. The first kappa shape index (κ1) is 12.6. The third-order valence-corrected chi connectivity index (χ3v) is 3.38. The van der Waals surface area contributed by atoms with E-state index in [-0.39, 0.29) is 18.1 Å². The number of ether oxygens (including phenoxy) is 1. The van der Waals surface area contributed by atoms with Crippen molar-refractivity contribution in [3.05, 3.63) is 29.3 Å². The number of carboxylic acids is 1. The van der Waals surface area contributed by atoms with Crippen molar-refractivity contribution < 1.29 is 19.4 Å². The molecular weight excluding hydrogens is 232 g/mol. The van der Waals surface area contributed by atoms with Crippen LogP contribution in [0.5, 0.6) is 5.75 Å². The van der Waals surface area contributed by atoms with E-state index in [1.54, 1.807) is 7.11 Å². The lowest BCUT2D eigenvalue weighted by Gasteiger charge is -2.06. The van der Waals surface area contributed by atoms with Crippen molar-refractivity contribution in [3.8, 4) is 5.75 Å². The molecule has 1 aromatic carbocycles. The molecule has 1 atom stereocenters. The highest BCUT2D eigenvalue weighted by Gasteiger charge is 2.32. The lowest BCUT2D eigenvalue weighted by Crippen LogP contribution is -2.09. The van der Waals surface area contributed by atoms with Crippen molar-refractivity contribution in [1.82, 2.24) is 0 Å². The van der Waals surface area contributed by atoms with E-state index in [2.05, 4.69) is 0 Å². The molecule has 0 saturated carbocycles. The second-order valence-corrected chi connectivity index (χ2v) is 4.54. The Morgan fingerprint density at radius 3 is 2.94 bits per heavy atom. The minimum atomic E-state index is -0.810. The summed E-state index contributed by atoms with van der Waals surface area (Å²) in [5.41, 5.74) is 1.69. The van der Waals surface area contributed by atoms with E-state index >= 15 is 0 Å². The van der Waals surface area contributed by atoms with Gasteiger partial charge >= 0.3 is 5.97 Å². The quantitative estimate of drug-likeness (QED) is 0.868. The number of benzene rings is 1. The van der Waals surface area contributed by atoms with Gasteiger partial charge in [-0.1, -0.05) is 12.1 Å². The van der Waals surface area contributed by atoms with Gasteiger partial charge in [0.2, 0.25) is 0 Å². The number of methoxy groups -OCH3 is 1. The molecule has 4 nitrogen and oxygen atoms in total. The highest BCUT2D eigenvalue weighted by atomic mass is 16.5. The van der Waals surface area contributed by atoms with Crippen LogP contribution < -0.4 is 4.74 Å². The zero-order chi connectivity index (χ0) is 13.1. The molecule has 96 valence electrons. The summed E-state index contributed by atoms with van der Waals surface area (Å²) in [7, 11) is 1.60. The molecule has 0 radical (unpaired) electrons. The van der Waals surface area contributed by atoms with Crippen molar-refractivity contribution in [3.63, 3.8) is 0 Å². The maximum absolute atomic E-state index is 12.1. The number of ketones is 1. The molecule has 0 bridgehead atoms. The molecule has 1 aromatic rings. The number of Topliss-reactive ketones (excluding diaryl/α,β-unsaturated/α-hetero) is 1. The zero-order valence-corrected chi connectivity index (χ0v) is 10.3. The summed E-state index contributed by atoms with van der Waals surface area (Å²) in [6.07, 6.45) is 1.96. The van der Waals surface area contributed by atoms with Crippen LogP contribution in [0.15, 0.2) is 18.2 Å². The smallest absolute Gasteiger partial charge is 0.303 e. The molecule has 1 aliphatic carbocycles. The van der Waals surface area contributed by atoms with E-state index in [1.165, 1.54) is 0 Å². The number of hydrogen-bond acceptors (Lipinski definition) is 3. The predicted octanol–water partition coefficient (Wildman–Crippen LogP) is 2.31. The summed E-state index contributed by atoms with van der Waals surface area (Å²) in [5, 5.41) is 8.60. The third kappa shape index (κ3) is 2.37. The molecule has 2 rings (SSSR count). The van der Waals surface area contributed by atoms with Crippen molar-refractivity contribution in [2.45, 2.75) is 25.7 Å². The molecule has 1 unspecified atom stereocenters. The van der Waals surface area contributed by atoms with E-state index in [9.17, 15) is 9.59 Å². The highest BCUT2D eigenvalue weighted by Crippen LogP contribution is 2.35. The van der Waals surface area contributed by atoms with Crippen LogP contribution >= 0.6 is 0 Å². The predicted molar refractivity (Wildman–Crippen MR) is 66.0 cm³/mol. The molecule has 0 fully saturated rings. The molecule has 18 heavy (non-hydrogen) atoms. The SMILES string of the molecule is COc1cccc2c1CC(CCCC(=O)O)C2=O. The zero-order valence-electron chi connectivity index (χ0n) is 10.3. The molecule has 0 aliphatic heterocycles. The van der Waals surface area contributed by atoms with Crippen LogP contribution in [0.4, 0.5) is 0 Å². The van der Waals surface area contributed by atoms with Crippen LogP contribution in [-0.2, 0) is 11.2 Å². The Labute approximate surface area is 106 Å². The van der Waals surface area contributed by atoms with Crippen LogP contribution in [0.3, 0.4) is 0 Å². The van der Waals surface area contributed by atoms with Gasteiger partial charge in [0.25, 0.3) is 0 Å². The molecule has 0 amide bonds. The number of carbonyl (C=O) groups is 2. The van der Waals surface area contributed by atoms with Gasteiger partial charge in [0.1, 0.15) is 5.75 Å². The van der Waals surface area contributed by atoms with Crippen LogP contribution in [0.1, 0.15) is 35.2 Å². The van der Waals surface area contributed by atoms with E-state index in [1.807, 2.05) is 18.2 Å². The number of aliphatic carboxylic acids is 1. The van der Waals surface area contributed by atoms with Crippen molar-refractivity contribution >= 4 is 11.8 Å². The maximum Gasteiger partial charge on any atom is 0.303 e. The maximum atomic E-state index is 12.1. The number of carboxylic acid groups (broad SMARTS) is 1. The highest BCUT2D eigenvalue weighted by molar-refractivity contribution is 6.02. The Bertz CT molecular complexity index is 479. The van der Waals surface area contributed by atoms with Crippen molar-refractivity contribution in [2.24, 2.45) is 5.92 Å². The van der Waals surface area contributed by atoms with Gasteiger partial charge in [-0.25, -0.2) is 0 Å². The van der Waals surface area contributed by atoms with E-state index < -0.39 is 5.97 Å². The first-order valence-corrected chi connectivity index (χ1v) is 6.05. The van der Waals surface area contributed by atoms with Gasteiger partial charge in [-0.05, 0) is 25.3 Å². The van der Waals surface area contributed by atoms with Crippen LogP contribution in [0.2, 0.25) is 0 Å². The summed E-state index contributed by atoms with van der Waals surface area (Å²) < 4.78 is 5.25. The average Bonchev–Trinajstić information content (AvgIpc) is 2.66. The summed E-state index contributed by atoms with van der Waals surface area (Å²) in [5.74, 6) is -0.0259.